The maximum absolute atomic E-state index is 2.65. The van der Waals surface area contributed by atoms with E-state index in [2.05, 4.69) is 107 Å². The third-order valence-electron chi connectivity index (χ3n) is 5.65. The van der Waals surface area contributed by atoms with E-state index < -0.39 is 0 Å². The molecule has 0 aromatic heterocycles. The van der Waals surface area contributed by atoms with Crippen molar-refractivity contribution in [2.75, 3.05) is 31.9 Å². The summed E-state index contributed by atoms with van der Waals surface area (Å²) in [5.74, 6) is 1.22. The second-order valence-corrected chi connectivity index (χ2v) is 9.55. The molecule has 0 amide bonds. The molecule has 0 saturated carbocycles. The van der Waals surface area contributed by atoms with Gasteiger partial charge in [-0.25, -0.2) is 0 Å². The van der Waals surface area contributed by atoms with Gasteiger partial charge in [0.1, 0.15) is 0 Å². The fraction of sp³-hybridized carbons (Fsp3) is 0.429. The van der Waals surface area contributed by atoms with E-state index in [4.69, 9.17) is 0 Å². The highest BCUT2D eigenvalue weighted by molar-refractivity contribution is 8.03. The number of nitrogens with zero attached hydrogens (tertiary/aromatic N) is 2. The van der Waals surface area contributed by atoms with Gasteiger partial charge in [-0.05, 0) is 60.6 Å². The Hall–Kier alpha value is -1.81. The molecule has 31 heavy (non-hydrogen) atoms. The molecule has 0 aliphatic heterocycles. The van der Waals surface area contributed by atoms with E-state index in [1.165, 1.54) is 42.6 Å². The predicted octanol–water partition coefficient (Wildman–Crippen LogP) is 6.76. The van der Waals surface area contributed by atoms with Crippen LogP contribution >= 0.6 is 11.8 Å². The van der Waals surface area contributed by atoms with Gasteiger partial charge in [0.2, 0.25) is 0 Å². The quantitative estimate of drug-likeness (QED) is 0.303. The lowest BCUT2D eigenvalue weighted by Gasteiger charge is -2.28. The highest BCUT2D eigenvalue weighted by Crippen LogP contribution is 2.24. The number of allylic oxidation sites excluding steroid dienone is 4. The van der Waals surface area contributed by atoms with Crippen molar-refractivity contribution in [1.29, 1.82) is 0 Å². The average Bonchev–Trinajstić information content (AvgIpc) is 2.82. The Morgan fingerprint density at radius 2 is 1.39 bits per heavy atom. The fourth-order valence-electron chi connectivity index (χ4n) is 4.01. The zero-order chi connectivity index (χ0) is 21.6. The molecular weight excluding hydrogens is 396 g/mol. The standard InChI is InChI=1S/C28H38N2S/c1-2-19-29(24-26-13-6-3-7-14-26)21-22-30(25-27-15-8-4-9-16-27)20-12-23-31-28-17-10-5-11-18-28/h3-10,13-17H,2,11-12,18-25H2,1H3. The molecule has 0 radical (unpaired) electrons. The van der Waals surface area contributed by atoms with Gasteiger partial charge in [-0.2, -0.15) is 0 Å². The first-order chi connectivity index (χ1) is 15.3. The smallest absolute Gasteiger partial charge is 0.0234 e. The molecule has 166 valence electrons. The molecule has 2 aromatic rings. The molecule has 0 spiro atoms. The average molecular weight is 435 g/mol. The summed E-state index contributed by atoms with van der Waals surface area (Å²) < 4.78 is 0. The Balaban J connectivity index is 1.51. The van der Waals surface area contributed by atoms with Gasteiger partial charge in [0.05, 0.1) is 0 Å². The molecule has 0 atom stereocenters. The highest BCUT2D eigenvalue weighted by atomic mass is 32.2. The molecule has 2 nitrogen and oxygen atoms in total. The minimum absolute atomic E-state index is 1.04. The van der Waals surface area contributed by atoms with Crippen molar-refractivity contribution in [1.82, 2.24) is 9.80 Å². The fourth-order valence-corrected chi connectivity index (χ4v) is 4.99. The molecule has 2 aromatic carbocycles. The van der Waals surface area contributed by atoms with Crippen LogP contribution in [0, 0.1) is 0 Å². The Labute approximate surface area is 194 Å². The highest BCUT2D eigenvalue weighted by Gasteiger charge is 2.11. The third kappa shape index (κ3) is 9.47. The maximum atomic E-state index is 2.65. The van der Waals surface area contributed by atoms with E-state index in [1.54, 1.807) is 4.91 Å². The van der Waals surface area contributed by atoms with E-state index >= 15 is 0 Å². The van der Waals surface area contributed by atoms with Crippen LogP contribution in [-0.4, -0.2) is 41.7 Å². The first-order valence-corrected chi connectivity index (χ1v) is 12.8. The summed E-state index contributed by atoms with van der Waals surface area (Å²) in [5.41, 5.74) is 2.83. The third-order valence-corrected chi connectivity index (χ3v) is 6.86. The van der Waals surface area contributed by atoms with Gasteiger partial charge < -0.3 is 0 Å². The predicted molar refractivity (Wildman–Crippen MR) is 137 cm³/mol. The first kappa shape index (κ1) is 23.8. The SMILES string of the molecule is CCCN(CCN(CCCSC1=CC=CCC1)Cc1ccccc1)Cc1ccccc1. The second kappa shape index (κ2) is 14.3. The van der Waals surface area contributed by atoms with Crippen LogP contribution in [0.4, 0.5) is 0 Å². The summed E-state index contributed by atoms with van der Waals surface area (Å²) in [5, 5.41) is 0. The molecule has 1 aliphatic carbocycles. The van der Waals surface area contributed by atoms with Gasteiger partial charge in [-0.15, -0.1) is 11.8 Å². The Morgan fingerprint density at radius 1 is 0.774 bits per heavy atom. The lowest BCUT2D eigenvalue weighted by molar-refractivity contribution is 0.193. The van der Waals surface area contributed by atoms with Crippen LogP contribution in [0.1, 0.15) is 43.7 Å². The van der Waals surface area contributed by atoms with Crippen molar-refractivity contribution >= 4 is 11.8 Å². The number of hydrogen-bond acceptors (Lipinski definition) is 3. The van der Waals surface area contributed by atoms with Gasteiger partial charge in [0.15, 0.2) is 0 Å². The van der Waals surface area contributed by atoms with Gasteiger partial charge in [-0.1, -0.05) is 85.8 Å². The summed E-state index contributed by atoms with van der Waals surface area (Å²) in [6.07, 6.45) is 11.6. The number of hydrogen-bond donors (Lipinski definition) is 0. The largest absolute Gasteiger partial charge is 0.298 e. The Bertz CT molecular complexity index is 785. The van der Waals surface area contributed by atoms with Crippen LogP contribution in [0.2, 0.25) is 0 Å². The van der Waals surface area contributed by atoms with Crippen LogP contribution in [0.25, 0.3) is 0 Å². The van der Waals surface area contributed by atoms with Crippen molar-refractivity contribution in [2.24, 2.45) is 0 Å². The Morgan fingerprint density at radius 3 is 1.94 bits per heavy atom. The summed E-state index contributed by atoms with van der Waals surface area (Å²) in [6, 6.07) is 21.8. The van der Waals surface area contributed by atoms with E-state index in [0.717, 1.165) is 39.3 Å². The first-order valence-electron chi connectivity index (χ1n) is 11.8. The molecule has 3 heteroatoms. The van der Waals surface area contributed by atoms with Gasteiger partial charge in [0.25, 0.3) is 0 Å². The zero-order valence-corrected chi connectivity index (χ0v) is 19.9. The van der Waals surface area contributed by atoms with Crippen LogP contribution in [0.5, 0.6) is 0 Å². The van der Waals surface area contributed by atoms with Crippen molar-refractivity contribution in [3.63, 3.8) is 0 Å². The van der Waals surface area contributed by atoms with E-state index in [9.17, 15) is 0 Å². The van der Waals surface area contributed by atoms with Gasteiger partial charge >= 0.3 is 0 Å². The summed E-state index contributed by atoms with van der Waals surface area (Å²) in [4.78, 5) is 6.81. The number of rotatable bonds is 14. The molecule has 0 bridgehead atoms. The number of thioether (sulfide) groups is 1. The van der Waals surface area contributed by atoms with Crippen molar-refractivity contribution < 1.29 is 0 Å². The van der Waals surface area contributed by atoms with Crippen LogP contribution in [0.3, 0.4) is 0 Å². The van der Waals surface area contributed by atoms with Crippen LogP contribution < -0.4 is 0 Å². The van der Waals surface area contributed by atoms with Crippen molar-refractivity contribution in [3.05, 3.63) is 94.9 Å². The lowest BCUT2D eigenvalue weighted by Crippen LogP contribution is -2.35. The molecule has 0 saturated heterocycles. The molecule has 3 rings (SSSR count). The molecular formula is C28H38N2S. The minimum atomic E-state index is 1.04. The second-order valence-electron chi connectivity index (χ2n) is 8.33. The molecule has 0 unspecified atom stereocenters. The zero-order valence-electron chi connectivity index (χ0n) is 19.1. The van der Waals surface area contributed by atoms with Crippen LogP contribution in [0.15, 0.2) is 83.8 Å². The van der Waals surface area contributed by atoms with Crippen molar-refractivity contribution in [2.45, 2.75) is 45.7 Å². The summed E-state index contributed by atoms with van der Waals surface area (Å²) in [7, 11) is 0. The normalized spacial score (nSPS) is 13.7. The van der Waals surface area contributed by atoms with Crippen LogP contribution in [-0.2, 0) is 13.1 Å². The van der Waals surface area contributed by atoms with E-state index in [-0.39, 0.29) is 0 Å². The van der Waals surface area contributed by atoms with Crippen molar-refractivity contribution in [3.8, 4) is 0 Å². The van der Waals surface area contributed by atoms with Gasteiger partial charge in [0, 0.05) is 26.2 Å². The number of benzene rings is 2. The Kier molecular flexibility index (Phi) is 11.0. The summed E-state index contributed by atoms with van der Waals surface area (Å²) >= 11 is 2.05. The van der Waals surface area contributed by atoms with E-state index in [0.29, 0.717) is 0 Å². The van der Waals surface area contributed by atoms with E-state index in [1.807, 2.05) is 0 Å². The van der Waals surface area contributed by atoms with Gasteiger partial charge in [-0.3, -0.25) is 9.80 Å². The molecule has 0 N–H and O–H groups in total. The molecule has 1 aliphatic rings. The monoisotopic (exact) mass is 434 g/mol. The summed E-state index contributed by atoms with van der Waals surface area (Å²) in [6.45, 7) is 8.94. The molecule has 0 fully saturated rings. The maximum Gasteiger partial charge on any atom is 0.0234 e. The topological polar surface area (TPSA) is 6.48 Å². The lowest BCUT2D eigenvalue weighted by atomic mass is 10.2. The molecule has 0 heterocycles. The minimum Gasteiger partial charge on any atom is -0.298 e.